The highest BCUT2D eigenvalue weighted by molar-refractivity contribution is 5.86. The van der Waals surface area contributed by atoms with E-state index in [9.17, 15) is 0 Å². The molecule has 1 fully saturated rings. The summed E-state index contributed by atoms with van der Waals surface area (Å²) in [5, 5.41) is 3.28. The van der Waals surface area contributed by atoms with Crippen molar-refractivity contribution in [3.05, 3.63) is 30.9 Å². The fraction of sp³-hybridized carbons (Fsp3) is 0.286. The van der Waals surface area contributed by atoms with Gasteiger partial charge in [-0.05, 0) is 12.1 Å². The Morgan fingerprint density at radius 2 is 1.95 bits per heavy atom. The van der Waals surface area contributed by atoms with Crippen LogP contribution < -0.4 is 10.2 Å². The SMILES string of the molecule is c1cc(Nc2nc(N3CCOCC3)nc3[nH]cnc23)ccn1. The number of morpholine rings is 1. The number of imidazole rings is 1. The van der Waals surface area contributed by atoms with E-state index in [-0.39, 0.29) is 0 Å². The largest absolute Gasteiger partial charge is 0.378 e. The minimum Gasteiger partial charge on any atom is -0.378 e. The Morgan fingerprint density at radius 3 is 2.77 bits per heavy atom. The van der Waals surface area contributed by atoms with Crippen LogP contribution >= 0.6 is 0 Å². The summed E-state index contributed by atoms with van der Waals surface area (Å²) in [7, 11) is 0. The molecular weight excluding hydrogens is 282 g/mol. The normalized spacial score (nSPS) is 15.2. The number of anilines is 3. The summed E-state index contributed by atoms with van der Waals surface area (Å²) in [6.45, 7) is 2.96. The molecule has 1 aliphatic rings. The Hall–Kier alpha value is -2.74. The average Bonchev–Trinajstić information content (AvgIpc) is 3.05. The van der Waals surface area contributed by atoms with Crippen molar-refractivity contribution in [2.75, 3.05) is 36.5 Å². The van der Waals surface area contributed by atoms with Crippen molar-refractivity contribution in [1.82, 2.24) is 24.9 Å². The minimum absolute atomic E-state index is 0.677. The number of aromatic amines is 1. The van der Waals surface area contributed by atoms with Gasteiger partial charge in [0.05, 0.1) is 19.5 Å². The lowest BCUT2D eigenvalue weighted by Gasteiger charge is -2.27. The molecule has 0 radical (unpaired) electrons. The van der Waals surface area contributed by atoms with E-state index in [1.54, 1.807) is 18.7 Å². The van der Waals surface area contributed by atoms with Gasteiger partial charge in [-0.1, -0.05) is 0 Å². The zero-order valence-electron chi connectivity index (χ0n) is 11.9. The van der Waals surface area contributed by atoms with Crippen molar-refractivity contribution in [2.24, 2.45) is 0 Å². The number of ether oxygens (including phenoxy) is 1. The quantitative estimate of drug-likeness (QED) is 0.753. The number of hydrogen-bond acceptors (Lipinski definition) is 7. The van der Waals surface area contributed by atoms with Gasteiger partial charge in [-0.25, -0.2) is 4.98 Å². The van der Waals surface area contributed by atoms with E-state index >= 15 is 0 Å². The summed E-state index contributed by atoms with van der Waals surface area (Å²) in [4.78, 5) is 22.7. The first-order valence-electron chi connectivity index (χ1n) is 7.11. The van der Waals surface area contributed by atoms with Gasteiger partial charge in [0, 0.05) is 31.2 Å². The van der Waals surface area contributed by atoms with E-state index < -0.39 is 0 Å². The van der Waals surface area contributed by atoms with E-state index in [4.69, 9.17) is 4.74 Å². The molecule has 1 aliphatic heterocycles. The third-order valence-electron chi connectivity index (χ3n) is 3.50. The predicted octanol–water partition coefficient (Wildman–Crippen LogP) is 1.33. The van der Waals surface area contributed by atoms with Gasteiger partial charge >= 0.3 is 0 Å². The fourth-order valence-electron chi connectivity index (χ4n) is 2.39. The predicted molar refractivity (Wildman–Crippen MR) is 82.2 cm³/mol. The first-order valence-corrected chi connectivity index (χ1v) is 7.11. The molecule has 0 amide bonds. The fourth-order valence-corrected chi connectivity index (χ4v) is 2.39. The smallest absolute Gasteiger partial charge is 0.229 e. The maximum atomic E-state index is 5.38. The number of nitrogens with one attached hydrogen (secondary N) is 2. The van der Waals surface area contributed by atoms with Gasteiger partial charge in [-0.15, -0.1) is 0 Å². The van der Waals surface area contributed by atoms with Gasteiger partial charge in [0.15, 0.2) is 17.0 Å². The van der Waals surface area contributed by atoms with Crippen LogP contribution in [0.25, 0.3) is 11.2 Å². The second kappa shape index (κ2) is 5.57. The van der Waals surface area contributed by atoms with Gasteiger partial charge in [0.2, 0.25) is 5.95 Å². The molecule has 4 rings (SSSR count). The maximum absolute atomic E-state index is 5.38. The van der Waals surface area contributed by atoms with Crippen LogP contribution in [0.2, 0.25) is 0 Å². The number of rotatable bonds is 3. The third-order valence-corrected chi connectivity index (χ3v) is 3.50. The topological polar surface area (TPSA) is 91.8 Å². The number of fused-ring (bicyclic) bond motifs is 1. The highest BCUT2D eigenvalue weighted by Gasteiger charge is 2.17. The zero-order chi connectivity index (χ0) is 14.8. The molecule has 0 aromatic carbocycles. The van der Waals surface area contributed by atoms with E-state index in [0.717, 1.165) is 18.8 Å². The lowest BCUT2D eigenvalue weighted by Crippen LogP contribution is -2.37. The van der Waals surface area contributed by atoms with Crippen molar-refractivity contribution in [3.8, 4) is 0 Å². The van der Waals surface area contributed by atoms with Gasteiger partial charge in [0.1, 0.15) is 0 Å². The first kappa shape index (κ1) is 13.0. The molecule has 0 aliphatic carbocycles. The summed E-state index contributed by atoms with van der Waals surface area (Å²) >= 11 is 0. The van der Waals surface area contributed by atoms with E-state index in [2.05, 4.69) is 35.1 Å². The van der Waals surface area contributed by atoms with E-state index in [0.29, 0.717) is 36.1 Å². The van der Waals surface area contributed by atoms with Crippen LogP contribution in [0.3, 0.4) is 0 Å². The monoisotopic (exact) mass is 297 g/mol. The highest BCUT2D eigenvalue weighted by Crippen LogP contribution is 2.24. The molecular formula is C14H15N7O. The molecule has 3 aromatic rings. The maximum Gasteiger partial charge on any atom is 0.229 e. The number of nitrogens with zero attached hydrogens (tertiary/aromatic N) is 5. The molecule has 0 spiro atoms. The number of H-pyrrole nitrogens is 1. The van der Waals surface area contributed by atoms with Crippen LogP contribution in [-0.2, 0) is 4.74 Å². The Balaban J connectivity index is 1.73. The molecule has 1 saturated heterocycles. The lowest BCUT2D eigenvalue weighted by molar-refractivity contribution is 0.122. The molecule has 0 atom stereocenters. The molecule has 2 N–H and O–H groups in total. The standard InChI is InChI=1S/C14H15N7O/c1-3-15-4-2-10(1)18-13-11-12(17-9-16-11)19-14(20-13)21-5-7-22-8-6-21/h1-4,9H,5-8H2,(H2,15,16,17,18,19,20). The molecule has 8 nitrogen and oxygen atoms in total. The van der Waals surface area contributed by atoms with Crippen molar-refractivity contribution in [1.29, 1.82) is 0 Å². The molecule has 0 saturated carbocycles. The first-order chi connectivity index (χ1) is 10.9. The van der Waals surface area contributed by atoms with Crippen molar-refractivity contribution >= 4 is 28.6 Å². The van der Waals surface area contributed by atoms with Crippen LogP contribution in [0, 0.1) is 0 Å². The Labute approximate surface area is 126 Å². The second-order valence-electron chi connectivity index (χ2n) is 4.93. The molecule has 0 unspecified atom stereocenters. The van der Waals surface area contributed by atoms with Gasteiger partial charge in [-0.2, -0.15) is 9.97 Å². The van der Waals surface area contributed by atoms with Crippen molar-refractivity contribution in [2.45, 2.75) is 0 Å². The summed E-state index contributed by atoms with van der Waals surface area (Å²) in [6.07, 6.45) is 5.09. The number of aromatic nitrogens is 5. The van der Waals surface area contributed by atoms with Crippen molar-refractivity contribution < 1.29 is 4.74 Å². The summed E-state index contributed by atoms with van der Waals surface area (Å²) < 4.78 is 5.38. The lowest BCUT2D eigenvalue weighted by atomic mass is 10.4. The Kier molecular flexibility index (Phi) is 3.28. The molecule has 8 heteroatoms. The van der Waals surface area contributed by atoms with Crippen LogP contribution in [0.5, 0.6) is 0 Å². The zero-order valence-corrected chi connectivity index (χ0v) is 11.9. The van der Waals surface area contributed by atoms with Crippen LogP contribution in [0.15, 0.2) is 30.9 Å². The van der Waals surface area contributed by atoms with Crippen LogP contribution in [0.4, 0.5) is 17.5 Å². The van der Waals surface area contributed by atoms with Crippen molar-refractivity contribution in [3.63, 3.8) is 0 Å². The number of hydrogen-bond donors (Lipinski definition) is 2. The molecule has 112 valence electrons. The number of pyridine rings is 1. The van der Waals surface area contributed by atoms with Crippen LogP contribution in [0.1, 0.15) is 0 Å². The summed E-state index contributed by atoms with van der Waals surface area (Å²) in [5.41, 5.74) is 2.34. The summed E-state index contributed by atoms with van der Waals surface area (Å²) in [5.74, 6) is 1.36. The molecule has 3 aromatic heterocycles. The Morgan fingerprint density at radius 1 is 1.14 bits per heavy atom. The van der Waals surface area contributed by atoms with Crippen LogP contribution in [-0.4, -0.2) is 51.2 Å². The molecule has 22 heavy (non-hydrogen) atoms. The summed E-state index contributed by atoms with van der Waals surface area (Å²) in [6, 6.07) is 3.77. The molecule has 4 heterocycles. The van der Waals surface area contributed by atoms with Gasteiger partial charge < -0.3 is 19.9 Å². The highest BCUT2D eigenvalue weighted by atomic mass is 16.5. The second-order valence-corrected chi connectivity index (χ2v) is 4.93. The average molecular weight is 297 g/mol. The van der Waals surface area contributed by atoms with Gasteiger partial charge in [0.25, 0.3) is 0 Å². The molecule has 0 bridgehead atoms. The Bertz CT molecular complexity index is 767. The van der Waals surface area contributed by atoms with E-state index in [1.165, 1.54) is 0 Å². The third kappa shape index (κ3) is 2.44. The van der Waals surface area contributed by atoms with E-state index in [1.807, 2.05) is 12.1 Å². The van der Waals surface area contributed by atoms with Gasteiger partial charge in [-0.3, -0.25) is 4.98 Å². The minimum atomic E-state index is 0.677.